The summed E-state index contributed by atoms with van der Waals surface area (Å²) in [5, 5.41) is 2.85. The van der Waals surface area contributed by atoms with Gasteiger partial charge in [0.1, 0.15) is 0 Å². The van der Waals surface area contributed by atoms with Crippen molar-refractivity contribution in [2.24, 2.45) is 0 Å². The third kappa shape index (κ3) is 7.49. The Hall–Kier alpha value is -1.83. The van der Waals surface area contributed by atoms with Gasteiger partial charge in [0.15, 0.2) is 0 Å². The van der Waals surface area contributed by atoms with E-state index in [1.807, 2.05) is 18.2 Å². The molecule has 29 heavy (non-hydrogen) atoms. The molecule has 2 aromatic rings. The predicted molar refractivity (Wildman–Crippen MR) is 121 cm³/mol. The molecule has 0 aromatic heterocycles. The summed E-state index contributed by atoms with van der Waals surface area (Å²) in [4.78, 5) is 13.8. The molecule has 2 N–H and O–H groups in total. The van der Waals surface area contributed by atoms with Gasteiger partial charge in [0.2, 0.25) is 10.0 Å². The van der Waals surface area contributed by atoms with Crippen molar-refractivity contribution >= 4 is 33.4 Å². The molecule has 0 saturated heterocycles. The molecule has 0 atom stereocenters. The van der Waals surface area contributed by atoms with E-state index in [1.54, 1.807) is 30.0 Å². The fourth-order valence-electron chi connectivity index (χ4n) is 2.75. The number of amides is 1. The van der Waals surface area contributed by atoms with E-state index >= 15 is 0 Å². The lowest BCUT2D eigenvalue weighted by molar-refractivity contribution is 0.102. The van der Waals surface area contributed by atoms with Crippen LogP contribution in [0.25, 0.3) is 0 Å². The molecular weight excluding hydrogens is 404 g/mol. The lowest BCUT2D eigenvalue weighted by Gasteiger charge is -2.11. The van der Waals surface area contributed by atoms with Crippen LogP contribution in [-0.2, 0) is 10.0 Å². The van der Waals surface area contributed by atoms with E-state index in [0.717, 1.165) is 42.8 Å². The summed E-state index contributed by atoms with van der Waals surface area (Å²) >= 11 is 1.66. The Morgan fingerprint density at radius 1 is 0.931 bits per heavy atom. The SMILES string of the molecule is CCCCCCNS(=O)(=O)c1ccc(NC(=O)c2ccccc2SCCC)cc1. The lowest BCUT2D eigenvalue weighted by atomic mass is 10.2. The van der Waals surface area contributed by atoms with Gasteiger partial charge in [-0.3, -0.25) is 4.79 Å². The van der Waals surface area contributed by atoms with E-state index in [2.05, 4.69) is 23.9 Å². The highest BCUT2D eigenvalue weighted by Gasteiger charge is 2.15. The van der Waals surface area contributed by atoms with Crippen LogP contribution in [0, 0.1) is 0 Å². The Labute approximate surface area is 178 Å². The molecule has 0 unspecified atom stereocenters. The van der Waals surface area contributed by atoms with E-state index < -0.39 is 10.0 Å². The summed E-state index contributed by atoms with van der Waals surface area (Å²) < 4.78 is 27.4. The van der Waals surface area contributed by atoms with Crippen LogP contribution < -0.4 is 10.0 Å². The van der Waals surface area contributed by atoms with Crippen molar-refractivity contribution in [2.45, 2.75) is 55.7 Å². The highest BCUT2D eigenvalue weighted by Crippen LogP contribution is 2.24. The number of hydrogen-bond acceptors (Lipinski definition) is 4. The third-order valence-corrected chi connectivity index (χ3v) is 7.09. The van der Waals surface area contributed by atoms with Gasteiger partial charge in [0.05, 0.1) is 10.5 Å². The van der Waals surface area contributed by atoms with Crippen molar-refractivity contribution in [3.63, 3.8) is 0 Å². The maximum Gasteiger partial charge on any atom is 0.256 e. The van der Waals surface area contributed by atoms with E-state index in [9.17, 15) is 13.2 Å². The molecule has 0 aliphatic heterocycles. The molecule has 5 nitrogen and oxygen atoms in total. The van der Waals surface area contributed by atoms with Crippen molar-refractivity contribution in [1.29, 1.82) is 0 Å². The van der Waals surface area contributed by atoms with Crippen LogP contribution in [0.4, 0.5) is 5.69 Å². The molecule has 7 heteroatoms. The van der Waals surface area contributed by atoms with Gasteiger partial charge in [-0.25, -0.2) is 13.1 Å². The summed E-state index contributed by atoms with van der Waals surface area (Å²) in [7, 11) is -3.53. The monoisotopic (exact) mass is 434 g/mol. The second kappa shape index (κ2) is 12.0. The van der Waals surface area contributed by atoms with Gasteiger partial charge in [-0.15, -0.1) is 11.8 Å². The van der Waals surface area contributed by atoms with Crippen molar-refractivity contribution < 1.29 is 13.2 Å². The second-order valence-electron chi connectivity index (χ2n) is 6.78. The van der Waals surface area contributed by atoms with E-state index in [-0.39, 0.29) is 10.8 Å². The van der Waals surface area contributed by atoms with Crippen LogP contribution in [0.2, 0.25) is 0 Å². The number of benzene rings is 2. The van der Waals surface area contributed by atoms with E-state index in [4.69, 9.17) is 0 Å². The summed E-state index contributed by atoms with van der Waals surface area (Å²) in [5.74, 6) is 0.747. The molecule has 2 aromatic carbocycles. The van der Waals surface area contributed by atoms with Crippen LogP contribution in [0.1, 0.15) is 56.3 Å². The average molecular weight is 435 g/mol. The van der Waals surface area contributed by atoms with Crippen LogP contribution in [0.5, 0.6) is 0 Å². The van der Waals surface area contributed by atoms with Crippen molar-refractivity contribution in [2.75, 3.05) is 17.6 Å². The first-order valence-electron chi connectivity index (χ1n) is 10.1. The molecule has 158 valence electrons. The third-order valence-electron chi connectivity index (χ3n) is 4.34. The molecule has 0 radical (unpaired) electrons. The minimum Gasteiger partial charge on any atom is -0.322 e. The summed E-state index contributed by atoms with van der Waals surface area (Å²) in [6.45, 7) is 4.66. The number of nitrogens with one attached hydrogen (secondary N) is 2. The molecule has 0 aliphatic carbocycles. The highest BCUT2D eigenvalue weighted by atomic mass is 32.2. The maximum absolute atomic E-state index is 12.7. The number of thioether (sulfide) groups is 1. The Morgan fingerprint density at radius 2 is 1.66 bits per heavy atom. The summed E-state index contributed by atoms with van der Waals surface area (Å²) in [6.07, 6.45) is 5.10. The fourth-order valence-corrected chi connectivity index (χ4v) is 4.74. The molecule has 1 amide bonds. The first kappa shape index (κ1) is 23.4. The first-order chi connectivity index (χ1) is 14.0. The standard InChI is InChI=1S/C22H30N2O3S2/c1-3-5-6-9-16-23-29(26,27)19-14-12-18(13-15-19)24-22(25)20-10-7-8-11-21(20)28-17-4-2/h7-8,10-15,23H,3-6,9,16-17H2,1-2H3,(H,24,25). The smallest absolute Gasteiger partial charge is 0.256 e. The van der Waals surface area contributed by atoms with Crippen LogP contribution in [0.15, 0.2) is 58.3 Å². The zero-order valence-electron chi connectivity index (χ0n) is 17.1. The Balaban J connectivity index is 1.99. The van der Waals surface area contributed by atoms with Gasteiger partial charge in [-0.05, 0) is 55.0 Å². The number of anilines is 1. The molecule has 0 aliphatic rings. The number of hydrogen-bond donors (Lipinski definition) is 2. The van der Waals surface area contributed by atoms with Gasteiger partial charge >= 0.3 is 0 Å². The van der Waals surface area contributed by atoms with Crippen LogP contribution in [-0.4, -0.2) is 26.6 Å². The summed E-state index contributed by atoms with van der Waals surface area (Å²) in [5.41, 5.74) is 1.18. The van der Waals surface area contributed by atoms with E-state index in [1.165, 1.54) is 12.1 Å². The molecule has 0 saturated carbocycles. The second-order valence-corrected chi connectivity index (χ2v) is 9.69. The average Bonchev–Trinajstić information content (AvgIpc) is 2.72. The zero-order valence-corrected chi connectivity index (χ0v) is 18.7. The quantitative estimate of drug-likeness (QED) is 0.351. The first-order valence-corrected chi connectivity index (χ1v) is 12.6. The number of carbonyl (C=O) groups excluding carboxylic acids is 1. The van der Waals surface area contributed by atoms with Crippen molar-refractivity contribution in [3.8, 4) is 0 Å². The molecule has 0 fully saturated rings. The minimum atomic E-state index is -3.53. The van der Waals surface area contributed by atoms with Gasteiger partial charge in [-0.1, -0.05) is 45.2 Å². The molecule has 0 bridgehead atoms. The minimum absolute atomic E-state index is 0.199. The molecule has 2 rings (SSSR count). The van der Waals surface area contributed by atoms with E-state index in [0.29, 0.717) is 17.8 Å². The fraction of sp³-hybridized carbons (Fsp3) is 0.409. The topological polar surface area (TPSA) is 75.3 Å². The number of rotatable bonds is 12. The highest BCUT2D eigenvalue weighted by molar-refractivity contribution is 7.99. The van der Waals surface area contributed by atoms with Crippen molar-refractivity contribution in [1.82, 2.24) is 4.72 Å². The van der Waals surface area contributed by atoms with Crippen LogP contribution >= 0.6 is 11.8 Å². The summed E-state index contributed by atoms with van der Waals surface area (Å²) in [6, 6.07) is 13.8. The Bertz CT molecular complexity index is 881. The molecule has 0 heterocycles. The Morgan fingerprint density at radius 3 is 2.34 bits per heavy atom. The molecular formula is C22H30N2O3S2. The normalized spacial score (nSPS) is 11.4. The molecule has 0 spiro atoms. The van der Waals surface area contributed by atoms with Crippen molar-refractivity contribution in [3.05, 3.63) is 54.1 Å². The number of unbranched alkanes of at least 4 members (excludes halogenated alkanes) is 3. The zero-order chi connectivity index (χ0) is 21.1. The van der Waals surface area contributed by atoms with Gasteiger partial charge < -0.3 is 5.32 Å². The van der Waals surface area contributed by atoms with Gasteiger partial charge in [0.25, 0.3) is 5.91 Å². The Kier molecular flexibility index (Phi) is 9.70. The van der Waals surface area contributed by atoms with Crippen LogP contribution in [0.3, 0.4) is 0 Å². The number of carbonyl (C=O) groups is 1. The number of sulfonamides is 1. The lowest BCUT2D eigenvalue weighted by Crippen LogP contribution is -2.24. The predicted octanol–water partition coefficient (Wildman–Crippen LogP) is 5.30. The largest absolute Gasteiger partial charge is 0.322 e. The van der Waals surface area contributed by atoms with Gasteiger partial charge in [0, 0.05) is 17.1 Å². The maximum atomic E-state index is 12.7. The van der Waals surface area contributed by atoms with Gasteiger partial charge in [-0.2, -0.15) is 0 Å².